The van der Waals surface area contributed by atoms with Crippen molar-refractivity contribution in [3.05, 3.63) is 29.8 Å². The average Bonchev–Trinajstić information content (AvgIpc) is 2.49. The number of benzene rings is 1. The maximum Gasteiger partial charge on any atom is 0.119 e. The smallest absolute Gasteiger partial charge is 0.119 e. The van der Waals surface area contributed by atoms with E-state index in [1.165, 1.54) is 5.56 Å². The lowest BCUT2D eigenvalue weighted by Gasteiger charge is -2.22. The minimum atomic E-state index is -0.128. The molecule has 1 aromatic carbocycles. The Labute approximate surface area is 130 Å². The Morgan fingerprint density at radius 3 is 2.33 bits per heavy atom. The van der Waals surface area contributed by atoms with Crippen LogP contribution in [0.25, 0.3) is 0 Å². The van der Waals surface area contributed by atoms with E-state index in [0.29, 0.717) is 12.6 Å². The molecule has 0 aromatic heterocycles. The van der Waals surface area contributed by atoms with E-state index >= 15 is 0 Å². The molecular formula is C18H31NO2. The monoisotopic (exact) mass is 293 g/mol. The molecule has 0 heterocycles. The van der Waals surface area contributed by atoms with Gasteiger partial charge in [0.25, 0.3) is 0 Å². The molecule has 0 aliphatic rings. The number of nitrogens with one attached hydrogen (secondary N) is 1. The Bertz CT molecular complexity index is 387. The van der Waals surface area contributed by atoms with E-state index in [1.54, 1.807) is 7.11 Å². The molecule has 0 bridgehead atoms. The Morgan fingerprint density at radius 2 is 1.81 bits per heavy atom. The molecule has 0 radical (unpaired) electrons. The van der Waals surface area contributed by atoms with Gasteiger partial charge in [-0.05, 0) is 50.9 Å². The van der Waals surface area contributed by atoms with Gasteiger partial charge in [0.05, 0.1) is 12.2 Å². The summed E-state index contributed by atoms with van der Waals surface area (Å²) in [5, 5.41) is 3.57. The fraction of sp³-hybridized carbons (Fsp3) is 0.667. The molecule has 1 rings (SSSR count). The first-order valence-electron chi connectivity index (χ1n) is 8.03. The molecule has 1 atom stereocenters. The van der Waals surface area contributed by atoms with Gasteiger partial charge in [-0.15, -0.1) is 0 Å². The highest BCUT2D eigenvalue weighted by Gasteiger charge is 2.16. The third-order valence-electron chi connectivity index (χ3n) is 3.86. The van der Waals surface area contributed by atoms with Crippen molar-refractivity contribution < 1.29 is 9.47 Å². The zero-order chi connectivity index (χ0) is 15.7. The van der Waals surface area contributed by atoms with E-state index in [1.807, 2.05) is 0 Å². The van der Waals surface area contributed by atoms with Gasteiger partial charge in [-0.1, -0.05) is 26.0 Å². The van der Waals surface area contributed by atoms with Crippen molar-refractivity contribution in [3.63, 3.8) is 0 Å². The molecule has 1 N–H and O–H groups in total. The number of ether oxygens (including phenoxy) is 2. The summed E-state index contributed by atoms with van der Waals surface area (Å²) in [5.74, 6) is 0.927. The zero-order valence-corrected chi connectivity index (χ0v) is 14.2. The first-order valence-corrected chi connectivity index (χ1v) is 8.03. The largest absolute Gasteiger partial charge is 0.493 e. The molecule has 0 spiro atoms. The molecule has 3 nitrogen and oxygen atoms in total. The van der Waals surface area contributed by atoms with Crippen molar-refractivity contribution in [1.82, 2.24) is 5.32 Å². The van der Waals surface area contributed by atoms with Crippen LogP contribution in [0.4, 0.5) is 0 Å². The lowest BCUT2D eigenvalue weighted by atomic mass is 10.0. The van der Waals surface area contributed by atoms with Gasteiger partial charge < -0.3 is 14.8 Å². The van der Waals surface area contributed by atoms with Crippen LogP contribution in [-0.2, 0) is 4.74 Å². The van der Waals surface area contributed by atoms with Crippen LogP contribution in [-0.4, -0.2) is 25.9 Å². The van der Waals surface area contributed by atoms with E-state index in [0.717, 1.165) is 31.6 Å². The molecule has 0 fully saturated rings. The summed E-state index contributed by atoms with van der Waals surface area (Å²) in [5.41, 5.74) is 1.20. The number of hydrogen-bond donors (Lipinski definition) is 1. The molecule has 0 saturated carbocycles. The van der Waals surface area contributed by atoms with Crippen LogP contribution < -0.4 is 10.1 Å². The van der Waals surface area contributed by atoms with Gasteiger partial charge in [-0.3, -0.25) is 0 Å². The van der Waals surface area contributed by atoms with Crippen molar-refractivity contribution >= 4 is 0 Å². The Kier molecular flexibility index (Phi) is 7.76. The van der Waals surface area contributed by atoms with Gasteiger partial charge in [0.15, 0.2) is 0 Å². The molecule has 0 aliphatic carbocycles. The number of methoxy groups -OCH3 is 1. The van der Waals surface area contributed by atoms with Crippen LogP contribution in [0.1, 0.15) is 58.6 Å². The summed E-state index contributed by atoms with van der Waals surface area (Å²) in [7, 11) is 1.74. The van der Waals surface area contributed by atoms with Crippen LogP contribution in [0.2, 0.25) is 0 Å². The van der Waals surface area contributed by atoms with E-state index in [2.05, 4.69) is 57.3 Å². The van der Waals surface area contributed by atoms with Gasteiger partial charge in [-0.25, -0.2) is 0 Å². The third-order valence-corrected chi connectivity index (χ3v) is 3.86. The van der Waals surface area contributed by atoms with Crippen molar-refractivity contribution in [3.8, 4) is 5.75 Å². The SMILES string of the molecule is CCCNC(CC)c1ccc(OCCC(C)(C)OC)cc1. The number of hydrogen-bond acceptors (Lipinski definition) is 3. The maximum absolute atomic E-state index is 5.79. The lowest BCUT2D eigenvalue weighted by molar-refractivity contribution is 0.00545. The van der Waals surface area contributed by atoms with E-state index in [-0.39, 0.29) is 5.60 Å². The Morgan fingerprint density at radius 1 is 1.14 bits per heavy atom. The zero-order valence-electron chi connectivity index (χ0n) is 14.2. The second-order valence-corrected chi connectivity index (χ2v) is 6.05. The highest BCUT2D eigenvalue weighted by molar-refractivity contribution is 5.29. The summed E-state index contributed by atoms with van der Waals surface area (Å²) in [6, 6.07) is 8.88. The van der Waals surface area contributed by atoms with Crippen LogP contribution >= 0.6 is 0 Å². The summed E-state index contributed by atoms with van der Waals surface area (Å²) in [6.07, 6.45) is 3.14. The predicted molar refractivity (Wildman–Crippen MR) is 89.0 cm³/mol. The fourth-order valence-electron chi connectivity index (χ4n) is 2.13. The van der Waals surface area contributed by atoms with Crippen molar-refractivity contribution in [2.75, 3.05) is 20.3 Å². The van der Waals surface area contributed by atoms with Crippen LogP contribution in [0.5, 0.6) is 5.75 Å². The second-order valence-electron chi connectivity index (χ2n) is 6.05. The van der Waals surface area contributed by atoms with Crippen LogP contribution in [0.15, 0.2) is 24.3 Å². The summed E-state index contributed by atoms with van der Waals surface area (Å²) < 4.78 is 11.2. The standard InChI is InChI=1S/C18H31NO2/c1-6-13-19-17(7-2)15-8-10-16(11-9-15)21-14-12-18(3,4)20-5/h8-11,17,19H,6-7,12-14H2,1-5H3. The van der Waals surface area contributed by atoms with Gasteiger partial charge in [-0.2, -0.15) is 0 Å². The topological polar surface area (TPSA) is 30.5 Å². The summed E-state index contributed by atoms with van der Waals surface area (Å²) >= 11 is 0. The Balaban J connectivity index is 2.49. The van der Waals surface area contributed by atoms with Crippen LogP contribution in [0.3, 0.4) is 0 Å². The molecule has 120 valence electrons. The van der Waals surface area contributed by atoms with Gasteiger partial charge in [0.2, 0.25) is 0 Å². The Hall–Kier alpha value is -1.06. The van der Waals surface area contributed by atoms with E-state index in [9.17, 15) is 0 Å². The molecule has 3 heteroatoms. The molecule has 0 saturated heterocycles. The molecule has 0 amide bonds. The van der Waals surface area contributed by atoms with E-state index < -0.39 is 0 Å². The molecule has 21 heavy (non-hydrogen) atoms. The molecular weight excluding hydrogens is 262 g/mol. The van der Waals surface area contributed by atoms with Crippen molar-refractivity contribution in [2.45, 2.75) is 58.6 Å². The fourth-order valence-corrected chi connectivity index (χ4v) is 2.13. The summed E-state index contributed by atoms with van der Waals surface area (Å²) in [6.45, 7) is 10.3. The minimum Gasteiger partial charge on any atom is -0.493 e. The predicted octanol–water partition coefficient (Wildman–Crippen LogP) is 4.33. The quantitative estimate of drug-likeness (QED) is 0.696. The second kappa shape index (κ2) is 9.06. The third kappa shape index (κ3) is 6.49. The van der Waals surface area contributed by atoms with Gasteiger partial charge >= 0.3 is 0 Å². The summed E-state index contributed by atoms with van der Waals surface area (Å²) in [4.78, 5) is 0. The van der Waals surface area contributed by atoms with Crippen molar-refractivity contribution in [1.29, 1.82) is 0 Å². The van der Waals surface area contributed by atoms with Gasteiger partial charge in [0.1, 0.15) is 5.75 Å². The lowest BCUT2D eigenvalue weighted by Crippen LogP contribution is -2.25. The normalized spacial score (nSPS) is 13.2. The van der Waals surface area contributed by atoms with E-state index in [4.69, 9.17) is 9.47 Å². The minimum absolute atomic E-state index is 0.128. The highest BCUT2D eigenvalue weighted by atomic mass is 16.5. The first-order chi connectivity index (χ1) is 10.0. The molecule has 1 unspecified atom stereocenters. The average molecular weight is 293 g/mol. The van der Waals surface area contributed by atoms with Crippen LogP contribution in [0, 0.1) is 0 Å². The highest BCUT2D eigenvalue weighted by Crippen LogP contribution is 2.21. The molecule has 0 aliphatic heterocycles. The van der Waals surface area contributed by atoms with Gasteiger partial charge in [0, 0.05) is 19.6 Å². The van der Waals surface area contributed by atoms with Crippen molar-refractivity contribution in [2.24, 2.45) is 0 Å². The first kappa shape index (κ1) is 18.0. The molecule has 1 aromatic rings. The maximum atomic E-state index is 5.79. The number of rotatable bonds is 10.